The largest absolute Gasteiger partial charge is 0.492 e. The second-order valence-electron chi connectivity index (χ2n) is 5.77. The Balaban J connectivity index is 1.42. The number of fused-ring (bicyclic) bond motifs is 2. The minimum Gasteiger partial charge on any atom is -0.492 e. The van der Waals surface area contributed by atoms with E-state index < -0.39 is 0 Å². The van der Waals surface area contributed by atoms with Gasteiger partial charge in [-0.1, -0.05) is 29.5 Å². The molecule has 0 unspecified atom stereocenters. The zero-order valence-electron chi connectivity index (χ0n) is 13.5. The van der Waals surface area contributed by atoms with Crippen LogP contribution in [0, 0.1) is 0 Å². The van der Waals surface area contributed by atoms with E-state index in [9.17, 15) is 5.11 Å². The normalized spacial score (nSPS) is 15.5. The molecule has 0 fully saturated rings. The molecule has 128 valence electrons. The molecule has 5 rings (SSSR count). The van der Waals surface area contributed by atoms with Gasteiger partial charge in [0.25, 0.3) is 0 Å². The number of thiazole rings is 1. The Morgan fingerprint density at radius 3 is 2.96 bits per heavy atom. The smallest absolute Gasteiger partial charge is 0.231 e. The van der Waals surface area contributed by atoms with E-state index in [1.165, 1.54) is 11.3 Å². The summed E-state index contributed by atoms with van der Waals surface area (Å²) in [7, 11) is 0. The van der Waals surface area contributed by atoms with Crippen LogP contribution in [-0.4, -0.2) is 23.1 Å². The summed E-state index contributed by atoms with van der Waals surface area (Å²) in [6.45, 7) is 0.234. The van der Waals surface area contributed by atoms with E-state index in [2.05, 4.69) is 15.3 Å². The number of rotatable bonds is 3. The number of ether oxygens (including phenoxy) is 2. The molecule has 0 saturated carbocycles. The Labute approximate surface area is 153 Å². The summed E-state index contributed by atoms with van der Waals surface area (Å²) in [6, 6.07) is 13.5. The van der Waals surface area contributed by atoms with Crippen molar-refractivity contribution in [3.63, 3.8) is 0 Å². The number of aromatic nitrogens is 1. The third-order valence-electron chi connectivity index (χ3n) is 4.10. The van der Waals surface area contributed by atoms with Crippen LogP contribution in [-0.2, 0) is 0 Å². The first kappa shape index (κ1) is 15.0. The van der Waals surface area contributed by atoms with Gasteiger partial charge in [-0.3, -0.25) is 4.99 Å². The van der Waals surface area contributed by atoms with Crippen molar-refractivity contribution < 1.29 is 14.6 Å². The van der Waals surface area contributed by atoms with Gasteiger partial charge < -0.3 is 19.9 Å². The fourth-order valence-corrected chi connectivity index (χ4v) is 3.70. The van der Waals surface area contributed by atoms with Gasteiger partial charge in [0.2, 0.25) is 12.7 Å². The van der Waals surface area contributed by atoms with Crippen LogP contribution in [0.5, 0.6) is 17.4 Å². The third kappa shape index (κ3) is 2.58. The van der Waals surface area contributed by atoms with Gasteiger partial charge in [-0.05, 0) is 24.3 Å². The van der Waals surface area contributed by atoms with Crippen molar-refractivity contribution in [2.75, 3.05) is 12.1 Å². The second kappa shape index (κ2) is 5.89. The zero-order valence-corrected chi connectivity index (χ0v) is 14.3. The van der Waals surface area contributed by atoms with Crippen molar-refractivity contribution in [2.45, 2.75) is 0 Å². The molecule has 0 amide bonds. The minimum absolute atomic E-state index is 0.0106. The van der Waals surface area contributed by atoms with Gasteiger partial charge in [0.1, 0.15) is 0 Å². The number of nitrogens with zero attached hydrogens (tertiary/aromatic N) is 2. The van der Waals surface area contributed by atoms with Gasteiger partial charge in [0, 0.05) is 29.1 Å². The van der Waals surface area contributed by atoms with Gasteiger partial charge in [-0.25, -0.2) is 0 Å². The van der Waals surface area contributed by atoms with Crippen LogP contribution in [0.2, 0.25) is 0 Å². The van der Waals surface area contributed by atoms with Crippen LogP contribution < -0.4 is 14.8 Å². The fourth-order valence-electron chi connectivity index (χ4n) is 2.86. The SMILES string of the molecule is Oc1nc(Nc2ccc3c(c2)OCO3)sc1C=C1C=Nc2ccccc21. The molecule has 7 heteroatoms. The maximum atomic E-state index is 10.2. The van der Waals surface area contributed by atoms with E-state index in [0.717, 1.165) is 28.3 Å². The van der Waals surface area contributed by atoms with E-state index >= 15 is 0 Å². The number of aliphatic imine (C=N–C) groups is 1. The average molecular weight is 363 g/mol. The van der Waals surface area contributed by atoms with Crippen LogP contribution in [0.4, 0.5) is 16.5 Å². The molecule has 2 aliphatic rings. The van der Waals surface area contributed by atoms with Gasteiger partial charge in [-0.15, -0.1) is 0 Å². The van der Waals surface area contributed by atoms with E-state index in [-0.39, 0.29) is 12.7 Å². The maximum Gasteiger partial charge on any atom is 0.231 e. The van der Waals surface area contributed by atoms with E-state index in [1.807, 2.05) is 48.5 Å². The predicted molar refractivity (Wildman–Crippen MR) is 102 cm³/mol. The highest BCUT2D eigenvalue weighted by molar-refractivity contribution is 7.16. The van der Waals surface area contributed by atoms with Crippen LogP contribution in [0.15, 0.2) is 47.5 Å². The van der Waals surface area contributed by atoms with Gasteiger partial charge >= 0.3 is 0 Å². The lowest BCUT2D eigenvalue weighted by molar-refractivity contribution is 0.174. The van der Waals surface area contributed by atoms with Crippen molar-refractivity contribution in [3.05, 3.63) is 52.9 Å². The summed E-state index contributed by atoms with van der Waals surface area (Å²) >= 11 is 1.37. The topological polar surface area (TPSA) is 76.0 Å². The minimum atomic E-state index is -0.0106. The molecule has 0 aliphatic carbocycles. The second-order valence-corrected chi connectivity index (χ2v) is 6.81. The number of allylic oxidation sites excluding steroid dienone is 1. The van der Waals surface area contributed by atoms with Crippen molar-refractivity contribution in [3.8, 4) is 17.4 Å². The van der Waals surface area contributed by atoms with Crippen molar-refractivity contribution in [1.82, 2.24) is 4.98 Å². The first-order valence-electron chi connectivity index (χ1n) is 7.98. The molecule has 0 spiro atoms. The first-order valence-corrected chi connectivity index (χ1v) is 8.79. The van der Waals surface area contributed by atoms with Crippen LogP contribution in [0.1, 0.15) is 10.4 Å². The van der Waals surface area contributed by atoms with Crippen LogP contribution in [0.3, 0.4) is 0 Å². The lowest BCUT2D eigenvalue weighted by atomic mass is 10.1. The number of hydrogen-bond acceptors (Lipinski definition) is 7. The predicted octanol–water partition coefficient (Wildman–Crippen LogP) is 4.58. The first-order chi connectivity index (χ1) is 12.8. The molecule has 2 N–H and O–H groups in total. The number of nitrogens with one attached hydrogen (secondary N) is 1. The molecule has 6 nitrogen and oxygen atoms in total. The molecule has 26 heavy (non-hydrogen) atoms. The molecule has 0 atom stereocenters. The standard InChI is InChI=1S/C19H13N3O3S/c23-18-17(7-11-9-20-14-4-2-1-3-13(11)14)26-19(22-18)21-12-5-6-15-16(8-12)25-10-24-15/h1-9,23H,10H2,(H,21,22). The van der Waals surface area contributed by atoms with Crippen molar-refractivity contribution in [2.24, 2.45) is 4.99 Å². The Hall–Kier alpha value is -3.32. The highest BCUT2D eigenvalue weighted by Gasteiger charge is 2.16. The summed E-state index contributed by atoms with van der Waals surface area (Å²) in [5.41, 5.74) is 3.75. The summed E-state index contributed by atoms with van der Waals surface area (Å²) in [6.07, 6.45) is 3.70. The van der Waals surface area contributed by atoms with Gasteiger partial charge in [0.15, 0.2) is 16.6 Å². The van der Waals surface area contributed by atoms with Crippen molar-refractivity contribution >= 4 is 45.7 Å². The Kier molecular flexibility index (Phi) is 3.39. The van der Waals surface area contributed by atoms with E-state index in [4.69, 9.17) is 9.47 Å². The molecule has 1 aromatic heterocycles. The molecule has 3 heterocycles. The summed E-state index contributed by atoms with van der Waals surface area (Å²) < 4.78 is 10.7. The number of para-hydroxylation sites is 1. The molecule has 0 bridgehead atoms. The lowest BCUT2D eigenvalue weighted by Crippen LogP contribution is -1.93. The number of aromatic hydroxyl groups is 1. The lowest BCUT2D eigenvalue weighted by Gasteiger charge is -2.03. The third-order valence-corrected chi connectivity index (χ3v) is 5.01. The molecule has 0 saturated heterocycles. The molecule has 0 radical (unpaired) electrons. The average Bonchev–Trinajstić information content (AvgIpc) is 3.35. The summed E-state index contributed by atoms with van der Waals surface area (Å²) in [5, 5.41) is 14.0. The molecule has 2 aromatic carbocycles. The highest BCUT2D eigenvalue weighted by atomic mass is 32.1. The van der Waals surface area contributed by atoms with Crippen LogP contribution in [0.25, 0.3) is 11.6 Å². The van der Waals surface area contributed by atoms with E-state index in [1.54, 1.807) is 6.21 Å². The quantitative estimate of drug-likeness (QED) is 0.712. The molecule has 3 aromatic rings. The summed E-state index contributed by atoms with van der Waals surface area (Å²) in [4.78, 5) is 9.25. The zero-order chi connectivity index (χ0) is 17.5. The Bertz CT molecular complexity index is 1070. The molecule has 2 aliphatic heterocycles. The van der Waals surface area contributed by atoms with E-state index in [0.29, 0.717) is 15.8 Å². The van der Waals surface area contributed by atoms with Crippen LogP contribution >= 0.6 is 11.3 Å². The fraction of sp³-hybridized carbons (Fsp3) is 0.0526. The van der Waals surface area contributed by atoms with Crippen molar-refractivity contribution in [1.29, 1.82) is 0 Å². The summed E-state index contributed by atoms with van der Waals surface area (Å²) in [5.74, 6) is 1.41. The number of hydrogen-bond donors (Lipinski definition) is 2. The maximum absolute atomic E-state index is 10.2. The molecular weight excluding hydrogens is 350 g/mol. The highest BCUT2D eigenvalue weighted by Crippen LogP contribution is 2.39. The monoisotopic (exact) mass is 363 g/mol. The Morgan fingerprint density at radius 2 is 2.00 bits per heavy atom. The Morgan fingerprint density at radius 1 is 1.12 bits per heavy atom. The number of anilines is 2. The number of benzene rings is 2. The van der Waals surface area contributed by atoms with Gasteiger partial charge in [0.05, 0.1) is 10.6 Å². The molecular formula is C19H13N3O3S. The van der Waals surface area contributed by atoms with Gasteiger partial charge in [-0.2, -0.15) is 4.98 Å².